The molecule has 0 aliphatic carbocycles. The molecule has 1 N–H and O–H groups in total. The Morgan fingerprint density at radius 2 is 2.07 bits per heavy atom. The lowest BCUT2D eigenvalue weighted by Crippen LogP contribution is -2.48. The maximum atomic E-state index is 12.3. The number of aryl methyl sites for hydroxylation is 2. The third-order valence-electron chi connectivity index (χ3n) is 6.09. The third kappa shape index (κ3) is 5.20. The molecular weight excluding hydrogens is 382 g/mol. The van der Waals surface area contributed by atoms with Crippen molar-refractivity contribution in [2.75, 3.05) is 24.2 Å². The molecule has 7 heteroatoms. The standard InChI is InChI=1S/C22H31N5OS/c1-16-12-17(2)27(25-16)14-21(28)24-19-8-9-22(23-13-19)29-15-18-6-5-11-26-10-4-3-7-20(18)26/h8-9,12-13,18,20H,3-7,10-11,14-15H2,1-2H3,(H,24,28). The predicted molar refractivity (Wildman–Crippen MR) is 117 cm³/mol. The minimum atomic E-state index is -0.0852. The van der Waals surface area contributed by atoms with Crippen LogP contribution in [0, 0.1) is 19.8 Å². The van der Waals surface area contributed by atoms with Gasteiger partial charge in [0, 0.05) is 17.5 Å². The number of anilines is 1. The van der Waals surface area contributed by atoms with Crippen LogP contribution in [0.25, 0.3) is 0 Å². The minimum Gasteiger partial charge on any atom is -0.323 e. The fraction of sp³-hybridized carbons (Fsp3) is 0.591. The summed E-state index contributed by atoms with van der Waals surface area (Å²) in [6, 6.07) is 6.71. The summed E-state index contributed by atoms with van der Waals surface area (Å²) in [4.78, 5) is 19.6. The molecule has 4 rings (SSSR count). The number of fused-ring (bicyclic) bond motifs is 1. The number of carbonyl (C=O) groups excluding carboxylic acids is 1. The minimum absolute atomic E-state index is 0.0852. The second-order valence-corrected chi connectivity index (χ2v) is 9.37. The highest BCUT2D eigenvalue weighted by Crippen LogP contribution is 2.34. The lowest BCUT2D eigenvalue weighted by atomic mass is 9.85. The first-order chi connectivity index (χ1) is 14.1. The summed E-state index contributed by atoms with van der Waals surface area (Å²) < 4.78 is 1.72. The van der Waals surface area contributed by atoms with Crippen LogP contribution in [0.5, 0.6) is 0 Å². The van der Waals surface area contributed by atoms with Crippen LogP contribution in [0.4, 0.5) is 5.69 Å². The molecule has 2 atom stereocenters. The van der Waals surface area contributed by atoms with E-state index in [4.69, 9.17) is 0 Å². The Morgan fingerprint density at radius 1 is 1.21 bits per heavy atom. The predicted octanol–water partition coefficient (Wildman–Crippen LogP) is 3.89. The van der Waals surface area contributed by atoms with Gasteiger partial charge in [-0.15, -0.1) is 11.8 Å². The first-order valence-corrected chi connectivity index (χ1v) is 11.7. The molecule has 0 aromatic carbocycles. The highest BCUT2D eigenvalue weighted by molar-refractivity contribution is 7.99. The van der Waals surface area contributed by atoms with Gasteiger partial charge in [-0.3, -0.25) is 9.48 Å². The molecule has 29 heavy (non-hydrogen) atoms. The summed E-state index contributed by atoms with van der Waals surface area (Å²) in [5.41, 5.74) is 2.64. The second kappa shape index (κ2) is 9.30. The van der Waals surface area contributed by atoms with Gasteiger partial charge in [-0.2, -0.15) is 5.10 Å². The highest BCUT2D eigenvalue weighted by Gasteiger charge is 2.32. The van der Waals surface area contributed by atoms with Gasteiger partial charge in [0.05, 0.1) is 22.6 Å². The Kier molecular flexibility index (Phi) is 6.55. The van der Waals surface area contributed by atoms with E-state index in [-0.39, 0.29) is 12.5 Å². The molecule has 6 nitrogen and oxygen atoms in total. The van der Waals surface area contributed by atoms with Crippen molar-refractivity contribution in [3.05, 3.63) is 35.8 Å². The molecule has 4 heterocycles. The number of piperidine rings is 2. The quantitative estimate of drug-likeness (QED) is 0.728. The molecule has 0 radical (unpaired) electrons. The van der Waals surface area contributed by atoms with E-state index in [0.29, 0.717) is 0 Å². The van der Waals surface area contributed by atoms with E-state index in [1.54, 1.807) is 10.9 Å². The summed E-state index contributed by atoms with van der Waals surface area (Å²) in [6.07, 6.45) is 8.54. The number of nitrogens with one attached hydrogen (secondary N) is 1. The Hall–Kier alpha value is -1.86. The zero-order valence-corrected chi connectivity index (χ0v) is 18.2. The number of rotatable bonds is 6. The summed E-state index contributed by atoms with van der Waals surface area (Å²) in [6.45, 7) is 6.68. The van der Waals surface area contributed by atoms with E-state index in [1.165, 1.54) is 45.2 Å². The molecule has 2 aromatic heterocycles. The van der Waals surface area contributed by atoms with Crippen LogP contribution in [0.2, 0.25) is 0 Å². The van der Waals surface area contributed by atoms with E-state index in [9.17, 15) is 4.79 Å². The first-order valence-electron chi connectivity index (χ1n) is 10.7. The van der Waals surface area contributed by atoms with Gasteiger partial charge >= 0.3 is 0 Å². The van der Waals surface area contributed by atoms with Gasteiger partial charge in [-0.05, 0) is 76.7 Å². The number of aromatic nitrogens is 3. The molecular formula is C22H31N5OS. The lowest BCUT2D eigenvalue weighted by Gasteiger charge is -2.44. The molecule has 2 aromatic rings. The van der Waals surface area contributed by atoms with E-state index in [1.807, 2.05) is 43.8 Å². The summed E-state index contributed by atoms with van der Waals surface area (Å²) in [7, 11) is 0. The number of amides is 1. The largest absolute Gasteiger partial charge is 0.323 e. The van der Waals surface area contributed by atoms with E-state index >= 15 is 0 Å². The second-order valence-electron chi connectivity index (χ2n) is 8.33. The van der Waals surface area contributed by atoms with Gasteiger partial charge in [0.25, 0.3) is 0 Å². The van der Waals surface area contributed by atoms with Gasteiger partial charge in [-0.25, -0.2) is 4.98 Å². The van der Waals surface area contributed by atoms with Crippen LogP contribution >= 0.6 is 11.8 Å². The Bertz CT molecular complexity index is 832. The van der Waals surface area contributed by atoms with Crippen LogP contribution in [0.15, 0.2) is 29.4 Å². The maximum Gasteiger partial charge on any atom is 0.246 e. The van der Waals surface area contributed by atoms with Crippen LogP contribution in [-0.4, -0.2) is 50.5 Å². The van der Waals surface area contributed by atoms with Gasteiger partial charge < -0.3 is 10.2 Å². The van der Waals surface area contributed by atoms with Crippen molar-refractivity contribution >= 4 is 23.4 Å². The van der Waals surface area contributed by atoms with E-state index in [0.717, 1.165) is 39.8 Å². The lowest BCUT2D eigenvalue weighted by molar-refractivity contribution is -0.116. The zero-order chi connectivity index (χ0) is 20.2. The van der Waals surface area contributed by atoms with Gasteiger partial charge in [0.15, 0.2) is 0 Å². The number of hydrogen-bond acceptors (Lipinski definition) is 5. The van der Waals surface area contributed by atoms with Crippen molar-refractivity contribution in [3.8, 4) is 0 Å². The van der Waals surface area contributed by atoms with Crippen LogP contribution in [-0.2, 0) is 11.3 Å². The molecule has 1 amide bonds. The molecule has 2 fully saturated rings. The first kappa shape index (κ1) is 20.4. The smallest absolute Gasteiger partial charge is 0.246 e. The molecule has 2 unspecified atom stereocenters. The SMILES string of the molecule is Cc1cc(C)n(CC(=O)Nc2ccc(SCC3CCCN4CCCCC34)nc2)n1. The summed E-state index contributed by atoms with van der Waals surface area (Å²) in [5, 5.41) is 8.29. The van der Waals surface area contributed by atoms with Gasteiger partial charge in [0.1, 0.15) is 6.54 Å². The average Bonchev–Trinajstić information content (AvgIpc) is 3.04. The third-order valence-corrected chi connectivity index (χ3v) is 7.22. The molecule has 0 bridgehead atoms. The molecule has 2 saturated heterocycles. The highest BCUT2D eigenvalue weighted by atomic mass is 32.2. The Morgan fingerprint density at radius 3 is 2.83 bits per heavy atom. The maximum absolute atomic E-state index is 12.3. The molecule has 156 valence electrons. The summed E-state index contributed by atoms with van der Waals surface area (Å²) >= 11 is 1.85. The topological polar surface area (TPSA) is 63.1 Å². The number of thioether (sulfide) groups is 1. The van der Waals surface area contributed by atoms with Crippen molar-refractivity contribution < 1.29 is 4.79 Å². The normalized spacial score (nSPS) is 22.3. The van der Waals surface area contributed by atoms with Crippen molar-refractivity contribution in [1.29, 1.82) is 0 Å². The Balaban J connectivity index is 1.27. The molecule has 2 aliphatic rings. The number of carbonyl (C=O) groups is 1. The van der Waals surface area contributed by atoms with Crippen LogP contribution in [0.3, 0.4) is 0 Å². The van der Waals surface area contributed by atoms with Crippen molar-refractivity contribution in [1.82, 2.24) is 19.7 Å². The van der Waals surface area contributed by atoms with Crippen LogP contribution in [0.1, 0.15) is 43.5 Å². The molecule has 0 spiro atoms. The van der Waals surface area contributed by atoms with E-state index < -0.39 is 0 Å². The Labute approximate surface area is 177 Å². The van der Waals surface area contributed by atoms with Crippen molar-refractivity contribution in [2.45, 2.75) is 63.6 Å². The number of pyridine rings is 1. The van der Waals surface area contributed by atoms with Gasteiger partial charge in [-0.1, -0.05) is 6.42 Å². The zero-order valence-electron chi connectivity index (χ0n) is 17.4. The fourth-order valence-corrected chi connectivity index (χ4v) is 5.74. The fourth-order valence-electron chi connectivity index (χ4n) is 4.68. The van der Waals surface area contributed by atoms with Crippen molar-refractivity contribution in [3.63, 3.8) is 0 Å². The van der Waals surface area contributed by atoms with Crippen molar-refractivity contribution in [2.24, 2.45) is 5.92 Å². The molecule has 2 aliphatic heterocycles. The molecule has 0 saturated carbocycles. The number of nitrogens with zero attached hydrogens (tertiary/aromatic N) is 4. The van der Waals surface area contributed by atoms with Gasteiger partial charge in [0.2, 0.25) is 5.91 Å². The number of hydrogen-bond donors (Lipinski definition) is 1. The average molecular weight is 414 g/mol. The monoisotopic (exact) mass is 413 g/mol. The van der Waals surface area contributed by atoms with Crippen LogP contribution < -0.4 is 5.32 Å². The summed E-state index contributed by atoms with van der Waals surface area (Å²) in [5.74, 6) is 1.83. The van der Waals surface area contributed by atoms with E-state index in [2.05, 4.69) is 20.3 Å².